The van der Waals surface area contributed by atoms with Crippen molar-refractivity contribution in [2.24, 2.45) is 0 Å². The van der Waals surface area contributed by atoms with Gasteiger partial charge in [-0.3, -0.25) is 0 Å². The first kappa shape index (κ1) is 23.4. The Morgan fingerprint density at radius 2 is 1.00 bits per heavy atom. The highest BCUT2D eigenvalue weighted by Gasteiger charge is 2.30. The quantitative estimate of drug-likeness (QED) is 0.244. The fourth-order valence-electron chi connectivity index (χ4n) is 2.45. The number of benzene rings is 2. The maximum absolute atomic E-state index is 10.4. The van der Waals surface area contributed by atoms with E-state index in [0.717, 1.165) is 0 Å². The molecule has 0 saturated heterocycles. The van der Waals surface area contributed by atoms with Gasteiger partial charge in [0.05, 0.1) is 31.5 Å². The van der Waals surface area contributed by atoms with Crippen LogP contribution < -0.4 is 4.74 Å². The molecule has 27 heavy (non-hydrogen) atoms. The molecule has 0 aliphatic rings. The van der Waals surface area contributed by atoms with Crippen LogP contribution in [0.1, 0.15) is 37.2 Å². The molecule has 0 fully saturated rings. The van der Waals surface area contributed by atoms with Crippen molar-refractivity contribution in [3.8, 4) is 34.5 Å². The number of hydrogen-bond donors (Lipinski definition) is 6. The fraction of sp³-hybridized carbons (Fsp3) is 0.250. The Labute approximate surface area is 209 Å². The lowest BCUT2D eigenvalue weighted by molar-refractivity contribution is 0.170. The second-order valence-corrected chi connectivity index (χ2v) is 9.91. The zero-order valence-corrected chi connectivity index (χ0v) is 22.4. The van der Waals surface area contributed by atoms with E-state index >= 15 is 0 Å². The predicted molar refractivity (Wildman–Crippen MR) is 132 cm³/mol. The molecule has 6 N–H and O–H groups in total. The Morgan fingerprint density at radius 1 is 0.630 bits per heavy atom. The van der Waals surface area contributed by atoms with Gasteiger partial charge in [-0.2, -0.15) is 0 Å². The fourth-order valence-corrected chi connectivity index (χ4v) is 5.85. The average molecular weight is 826 g/mol. The molecule has 7 nitrogen and oxygen atoms in total. The summed E-state index contributed by atoms with van der Waals surface area (Å²) in [6.07, 6.45) is -2.03. The van der Waals surface area contributed by atoms with Crippen LogP contribution in [0.25, 0.3) is 0 Å². The number of halogens is 4. The van der Waals surface area contributed by atoms with Crippen LogP contribution in [0.15, 0.2) is 0 Å². The lowest BCUT2D eigenvalue weighted by Crippen LogP contribution is -2.10. The Hall–Kier alpha value is 0.120. The van der Waals surface area contributed by atoms with E-state index in [1.807, 2.05) is 22.6 Å². The van der Waals surface area contributed by atoms with Crippen LogP contribution >= 0.6 is 90.4 Å². The summed E-state index contributed by atoms with van der Waals surface area (Å²) in [5.74, 6) is -1.41. The number of hydrogen-bond acceptors (Lipinski definition) is 7. The minimum absolute atomic E-state index is 0.0328. The van der Waals surface area contributed by atoms with Crippen molar-refractivity contribution in [1.82, 2.24) is 0 Å². The molecule has 148 valence electrons. The van der Waals surface area contributed by atoms with Crippen LogP contribution in [-0.4, -0.2) is 30.6 Å². The zero-order valence-electron chi connectivity index (χ0n) is 13.8. The van der Waals surface area contributed by atoms with Gasteiger partial charge in [-0.25, -0.2) is 0 Å². The lowest BCUT2D eigenvalue weighted by atomic mass is 10.1. The maximum Gasteiger partial charge on any atom is 0.149 e. The Kier molecular flexibility index (Phi) is 7.68. The van der Waals surface area contributed by atoms with Crippen LogP contribution in [0.4, 0.5) is 0 Å². The zero-order chi connectivity index (χ0) is 20.8. The van der Waals surface area contributed by atoms with Gasteiger partial charge in [0, 0.05) is 0 Å². The molecule has 0 radical (unpaired) electrons. The smallest absolute Gasteiger partial charge is 0.149 e. The van der Waals surface area contributed by atoms with Crippen molar-refractivity contribution >= 4 is 90.4 Å². The lowest BCUT2D eigenvalue weighted by Gasteiger charge is -2.24. The molecule has 11 heteroatoms. The van der Waals surface area contributed by atoms with Gasteiger partial charge in [0.2, 0.25) is 0 Å². The maximum atomic E-state index is 10.4. The van der Waals surface area contributed by atoms with Crippen LogP contribution in [0.2, 0.25) is 0 Å². The number of ether oxygens (including phenoxy) is 1. The van der Waals surface area contributed by atoms with Gasteiger partial charge < -0.3 is 35.4 Å². The second-order valence-electron chi connectivity index (χ2n) is 5.59. The summed E-state index contributed by atoms with van der Waals surface area (Å²) >= 11 is 7.07. The van der Waals surface area contributed by atoms with Crippen LogP contribution in [0, 0.1) is 14.3 Å². The topological polar surface area (TPSA) is 131 Å². The first-order chi connectivity index (χ1) is 12.4. The monoisotopic (exact) mass is 826 g/mol. The molecule has 2 aromatic carbocycles. The van der Waals surface area contributed by atoms with Crippen molar-refractivity contribution in [2.45, 2.75) is 26.1 Å². The standard InChI is InChI=1S/C16H14I4O7/c1-3(21)5-11(22)7(17)15(26)10(20)16(5)27-4(2)6-12(23)8(18)14(25)9(19)13(6)24/h3-4,21-26H,1-2H3. The summed E-state index contributed by atoms with van der Waals surface area (Å²) in [6.45, 7) is 2.99. The highest BCUT2D eigenvalue weighted by Crippen LogP contribution is 2.50. The van der Waals surface area contributed by atoms with E-state index in [1.165, 1.54) is 6.92 Å². The molecule has 0 aliphatic carbocycles. The van der Waals surface area contributed by atoms with Crippen molar-refractivity contribution in [3.05, 3.63) is 25.4 Å². The molecule has 0 heterocycles. The summed E-state index contributed by atoms with van der Waals surface area (Å²) in [4.78, 5) is 0. The van der Waals surface area contributed by atoms with Crippen molar-refractivity contribution < 1.29 is 35.4 Å². The SMILES string of the molecule is CC(O)c1c(O)c(I)c(O)c(I)c1OC(C)c1c(O)c(I)c(O)c(I)c1O. The van der Waals surface area contributed by atoms with E-state index in [4.69, 9.17) is 4.74 Å². The van der Waals surface area contributed by atoms with E-state index < -0.39 is 12.2 Å². The highest BCUT2D eigenvalue weighted by atomic mass is 127. The Morgan fingerprint density at radius 3 is 1.41 bits per heavy atom. The number of aromatic hydroxyl groups is 5. The first-order valence-electron chi connectivity index (χ1n) is 7.30. The van der Waals surface area contributed by atoms with Crippen molar-refractivity contribution in [2.75, 3.05) is 0 Å². The minimum Gasteiger partial charge on any atom is -0.506 e. The van der Waals surface area contributed by atoms with Crippen LogP contribution in [0.3, 0.4) is 0 Å². The molecule has 2 unspecified atom stereocenters. The van der Waals surface area contributed by atoms with Crippen LogP contribution in [0.5, 0.6) is 34.5 Å². The molecule has 0 amide bonds. The largest absolute Gasteiger partial charge is 0.506 e. The molecule has 2 rings (SSSR count). The molecule has 2 aromatic rings. The van der Waals surface area contributed by atoms with E-state index in [0.29, 0.717) is 0 Å². The van der Waals surface area contributed by atoms with Gasteiger partial charge in [0.25, 0.3) is 0 Å². The molecule has 0 aliphatic heterocycles. The third-order valence-corrected chi connectivity index (χ3v) is 7.85. The number of rotatable bonds is 4. The van der Waals surface area contributed by atoms with E-state index in [1.54, 1.807) is 74.7 Å². The molecule has 0 spiro atoms. The number of aliphatic hydroxyl groups is 1. The number of phenols is 5. The van der Waals surface area contributed by atoms with E-state index in [2.05, 4.69) is 0 Å². The summed E-state index contributed by atoms with van der Waals surface area (Å²) < 4.78 is 6.59. The molecule has 0 saturated carbocycles. The van der Waals surface area contributed by atoms with Gasteiger partial charge in [-0.1, -0.05) is 0 Å². The Balaban J connectivity index is 2.66. The normalized spacial score (nSPS) is 13.4. The molecular weight excluding hydrogens is 812 g/mol. The summed E-state index contributed by atoms with van der Waals surface area (Å²) in [7, 11) is 0. The third kappa shape index (κ3) is 4.20. The number of aliphatic hydroxyl groups excluding tert-OH is 1. The summed E-state index contributed by atoms with van der Waals surface area (Å²) in [5, 5.41) is 61.3. The number of phenolic OH excluding ortho intramolecular Hbond substituents is 5. The van der Waals surface area contributed by atoms with E-state index in [-0.39, 0.29) is 59.9 Å². The van der Waals surface area contributed by atoms with Crippen molar-refractivity contribution in [1.29, 1.82) is 0 Å². The van der Waals surface area contributed by atoms with Crippen LogP contribution in [-0.2, 0) is 0 Å². The minimum atomic E-state index is -1.10. The van der Waals surface area contributed by atoms with Gasteiger partial charge >= 0.3 is 0 Å². The van der Waals surface area contributed by atoms with Gasteiger partial charge in [0.1, 0.15) is 40.6 Å². The first-order valence-corrected chi connectivity index (χ1v) is 11.6. The molecular formula is C16H14I4O7. The Bertz CT molecular complexity index is 886. The van der Waals surface area contributed by atoms with Gasteiger partial charge in [0.15, 0.2) is 0 Å². The molecule has 0 aromatic heterocycles. The predicted octanol–water partition coefficient (Wildman–Crippen LogP) is 4.83. The van der Waals surface area contributed by atoms with Gasteiger partial charge in [-0.15, -0.1) is 0 Å². The summed E-state index contributed by atoms with van der Waals surface area (Å²) in [6, 6.07) is 0. The highest BCUT2D eigenvalue weighted by molar-refractivity contribution is 14.1. The third-order valence-electron chi connectivity index (χ3n) is 3.78. The molecule has 0 bridgehead atoms. The van der Waals surface area contributed by atoms with E-state index in [9.17, 15) is 30.6 Å². The second kappa shape index (κ2) is 8.86. The average Bonchev–Trinajstić information content (AvgIpc) is 2.60. The molecule has 2 atom stereocenters. The van der Waals surface area contributed by atoms with Gasteiger partial charge in [-0.05, 0) is 104 Å². The van der Waals surface area contributed by atoms with Crippen molar-refractivity contribution in [3.63, 3.8) is 0 Å². The summed E-state index contributed by atoms with van der Waals surface area (Å²) in [5.41, 5.74) is 0.113.